The largest absolute Gasteiger partial charge is 0.476 e. The molecule has 0 spiro atoms. The Morgan fingerprint density at radius 1 is 1.18 bits per heavy atom. The van der Waals surface area contributed by atoms with Crippen molar-refractivity contribution in [2.24, 2.45) is 0 Å². The van der Waals surface area contributed by atoms with Gasteiger partial charge in [0.1, 0.15) is 0 Å². The minimum Gasteiger partial charge on any atom is -0.358 e. The molecule has 7 heteroatoms. The molecule has 0 heterocycles. The second kappa shape index (κ2) is 5.65. The van der Waals surface area contributed by atoms with Gasteiger partial charge in [0.2, 0.25) is 0 Å². The summed E-state index contributed by atoms with van der Waals surface area (Å²) in [6.07, 6.45) is 0. The van der Waals surface area contributed by atoms with Crippen molar-refractivity contribution in [3.63, 3.8) is 0 Å². The molecule has 0 aliphatic rings. The van der Waals surface area contributed by atoms with E-state index in [9.17, 15) is 4.57 Å². The normalized spacial score (nSPS) is 11.9. The molecule has 0 aliphatic carbocycles. The maximum absolute atomic E-state index is 10.7. The molecule has 0 atom stereocenters. The third kappa shape index (κ3) is 6.43. The lowest BCUT2D eigenvalue weighted by atomic mass is 11.4. The minimum absolute atomic E-state index is 0.294. The highest BCUT2D eigenvalue weighted by molar-refractivity contribution is 7.47. The SMILES string of the molecule is COCOP(=O)(O)OCOC. The number of rotatable bonds is 6. The van der Waals surface area contributed by atoms with Gasteiger partial charge in [-0.25, -0.2) is 4.57 Å². The van der Waals surface area contributed by atoms with Crippen LogP contribution in [-0.2, 0) is 23.1 Å². The fourth-order valence-electron chi connectivity index (χ4n) is 0.276. The van der Waals surface area contributed by atoms with Crippen LogP contribution in [0.5, 0.6) is 0 Å². The van der Waals surface area contributed by atoms with Crippen LogP contribution in [0.25, 0.3) is 0 Å². The van der Waals surface area contributed by atoms with Crippen LogP contribution >= 0.6 is 7.82 Å². The highest BCUT2D eigenvalue weighted by Gasteiger charge is 2.20. The molecule has 11 heavy (non-hydrogen) atoms. The lowest BCUT2D eigenvalue weighted by Crippen LogP contribution is -2.00. The molecule has 0 radical (unpaired) electrons. The maximum atomic E-state index is 10.7. The Balaban J connectivity index is 3.53. The molecule has 0 aliphatic heterocycles. The van der Waals surface area contributed by atoms with Crippen LogP contribution in [0.2, 0.25) is 0 Å². The van der Waals surface area contributed by atoms with Crippen molar-refractivity contribution in [3.05, 3.63) is 0 Å². The van der Waals surface area contributed by atoms with E-state index in [1.165, 1.54) is 14.2 Å². The maximum Gasteiger partial charge on any atom is 0.476 e. The van der Waals surface area contributed by atoms with Crippen molar-refractivity contribution in [1.29, 1.82) is 0 Å². The molecule has 0 rings (SSSR count). The van der Waals surface area contributed by atoms with Gasteiger partial charge < -0.3 is 14.4 Å². The third-order valence-corrected chi connectivity index (χ3v) is 1.53. The van der Waals surface area contributed by atoms with Gasteiger partial charge in [-0.3, -0.25) is 9.05 Å². The predicted octanol–water partition coefficient (Wildman–Crippen LogP) is 0.328. The molecule has 6 nitrogen and oxygen atoms in total. The van der Waals surface area contributed by atoms with E-state index in [1.54, 1.807) is 0 Å². The van der Waals surface area contributed by atoms with Gasteiger partial charge in [0.15, 0.2) is 13.6 Å². The predicted molar refractivity (Wildman–Crippen MR) is 35.7 cm³/mol. The summed E-state index contributed by atoms with van der Waals surface area (Å²) < 4.78 is 28.0. The zero-order chi connectivity index (χ0) is 8.74. The molecule has 0 bridgehead atoms. The van der Waals surface area contributed by atoms with Gasteiger partial charge in [-0.2, -0.15) is 0 Å². The fraction of sp³-hybridized carbons (Fsp3) is 1.00. The first-order valence-corrected chi connectivity index (χ1v) is 4.21. The van der Waals surface area contributed by atoms with Gasteiger partial charge >= 0.3 is 7.82 Å². The molecule has 68 valence electrons. The molecular weight excluding hydrogens is 175 g/mol. The van der Waals surface area contributed by atoms with Crippen LogP contribution in [0.4, 0.5) is 0 Å². The summed E-state index contributed by atoms with van der Waals surface area (Å²) in [5.41, 5.74) is 0. The lowest BCUT2D eigenvalue weighted by molar-refractivity contribution is -0.0151. The topological polar surface area (TPSA) is 74.2 Å². The van der Waals surface area contributed by atoms with Crippen molar-refractivity contribution in [1.82, 2.24) is 0 Å². The Kier molecular flexibility index (Phi) is 5.67. The summed E-state index contributed by atoms with van der Waals surface area (Å²) in [4.78, 5) is 8.73. The number of ether oxygens (including phenoxy) is 2. The van der Waals surface area contributed by atoms with Crippen LogP contribution in [0.3, 0.4) is 0 Å². The first kappa shape index (κ1) is 11.0. The van der Waals surface area contributed by atoms with Gasteiger partial charge in [-0.1, -0.05) is 0 Å². The smallest absolute Gasteiger partial charge is 0.358 e. The Hall–Kier alpha value is 0.0300. The third-order valence-electron chi connectivity index (χ3n) is 0.667. The highest BCUT2D eigenvalue weighted by atomic mass is 31.2. The zero-order valence-electron chi connectivity index (χ0n) is 6.35. The van der Waals surface area contributed by atoms with Crippen LogP contribution < -0.4 is 0 Å². The van der Waals surface area contributed by atoms with E-state index in [0.717, 1.165) is 0 Å². The van der Waals surface area contributed by atoms with Gasteiger partial charge in [0.05, 0.1) is 0 Å². The van der Waals surface area contributed by atoms with Gasteiger partial charge in [0.25, 0.3) is 0 Å². The molecule has 0 aromatic heterocycles. The summed E-state index contributed by atoms with van der Waals surface area (Å²) in [5.74, 6) is 0. The summed E-state index contributed by atoms with van der Waals surface area (Å²) in [7, 11) is -1.32. The molecule has 1 N–H and O–H groups in total. The van der Waals surface area contributed by atoms with Crippen molar-refractivity contribution < 1.29 is 28.0 Å². The van der Waals surface area contributed by atoms with Crippen LogP contribution in [0.15, 0.2) is 0 Å². The zero-order valence-corrected chi connectivity index (χ0v) is 7.24. The van der Waals surface area contributed by atoms with E-state index >= 15 is 0 Å². The summed E-state index contributed by atoms with van der Waals surface area (Å²) in [6.45, 7) is -0.588. The Morgan fingerprint density at radius 2 is 1.55 bits per heavy atom. The van der Waals surface area contributed by atoms with E-state index < -0.39 is 7.82 Å². The first-order chi connectivity index (χ1) is 5.12. The Labute approximate surface area is 64.6 Å². The monoisotopic (exact) mass is 186 g/mol. The van der Waals surface area contributed by atoms with Crippen LogP contribution in [-0.4, -0.2) is 32.7 Å². The van der Waals surface area contributed by atoms with E-state index in [4.69, 9.17) is 4.89 Å². The Morgan fingerprint density at radius 3 is 1.82 bits per heavy atom. The molecular formula is C4H11O6P. The van der Waals surface area contributed by atoms with Gasteiger partial charge in [0, 0.05) is 14.2 Å². The summed E-state index contributed by atoms with van der Waals surface area (Å²) in [5, 5.41) is 0. The fourth-order valence-corrected chi connectivity index (χ4v) is 0.828. The molecule has 0 saturated heterocycles. The number of phosphoric acid groups is 1. The van der Waals surface area contributed by atoms with E-state index in [2.05, 4.69) is 18.5 Å². The van der Waals surface area contributed by atoms with Crippen molar-refractivity contribution >= 4 is 7.82 Å². The van der Waals surface area contributed by atoms with Crippen molar-refractivity contribution in [2.75, 3.05) is 27.8 Å². The highest BCUT2D eigenvalue weighted by Crippen LogP contribution is 2.42. The number of phosphoric ester groups is 1. The second-order valence-electron chi connectivity index (χ2n) is 1.54. The molecule has 0 amide bonds. The Bertz CT molecular complexity index is 125. The van der Waals surface area contributed by atoms with E-state index in [1.807, 2.05) is 0 Å². The van der Waals surface area contributed by atoms with Crippen LogP contribution in [0.1, 0.15) is 0 Å². The molecule has 0 saturated carbocycles. The summed E-state index contributed by atoms with van der Waals surface area (Å²) >= 11 is 0. The molecule has 0 aromatic rings. The van der Waals surface area contributed by atoms with E-state index in [0.29, 0.717) is 0 Å². The molecule has 0 fully saturated rings. The van der Waals surface area contributed by atoms with Gasteiger partial charge in [-0.15, -0.1) is 0 Å². The van der Waals surface area contributed by atoms with Crippen molar-refractivity contribution in [2.45, 2.75) is 0 Å². The van der Waals surface area contributed by atoms with Crippen LogP contribution in [0, 0.1) is 0 Å². The molecule has 0 unspecified atom stereocenters. The number of hydrogen-bond acceptors (Lipinski definition) is 5. The average molecular weight is 186 g/mol. The summed E-state index contributed by atoms with van der Waals surface area (Å²) in [6, 6.07) is 0. The standard InChI is InChI=1S/C4H11O6P/c1-7-3-9-11(5,6)10-4-8-2/h3-4H2,1-2H3,(H,5,6). The van der Waals surface area contributed by atoms with E-state index in [-0.39, 0.29) is 13.6 Å². The van der Waals surface area contributed by atoms with Crippen molar-refractivity contribution in [3.8, 4) is 0 Å². The average Bonchev–Trinajstić information content (AvgIpc) is 1.97. The molecule has 0 aromatic carbocycles. The van der Waals surface area contributed by atoms with Gasteiger partial charge in [-0.05, 0) is 0 Å². The number of methoxy groups -OCH3 is 2. The first-order valence-electron chi connectivity index (χ1n) is 2.72. The minimum atomic E-state index is -3.98. The number of hydrogen-bond donors (Lipinski definition) is 1. The second-order valence-corrected chi connectivity index (χ2v) is 2.99. The quantitative estimate of drug-likeness (QED) is 0.475. The lowest BCUT2D eigenvalue weighted by Gasteiger charge is -2.09.